The maximum Gasteiger partial charge on any atom is 0.417 e. The summed E-state index contributed by atoms with van der Waals surface area (Å²) >= 11 is 0. The van der Waals surface area contributed by atoms with Crippen LogP contribution in [0.15, 0.2) is 18.3 Å². The Morgan fingerprint density at radius 1 is 1.27 bits per heavy atom. The van der Waals surface area contributed by atoms with Crippen molar-refractivity contribution < 1.29 is 26.4 Å². The van der Waals surface area contributed by atoms with Crippen LogP contribution in [-0.4, -0.2) is 61.9 Å². The Bertz CT molecular complexity index is 729. The largest absolute Gasteiger partial charge is 0.417 e. The van der Waals surface area contributed by atoms with Crippen LogP contribution in [0.2, 0.25) is 0 Å². The number of amides is 2. The Balaban J connectivity index is 1.87. The molecule has 8 nitrogen and oxygen atoms in total. The Kier molecular flexibility index (Phi) is 6.09. The minimum atomic E-state index is -4.49. The molecule has 2 N–H and O–H groups in total. The lowest BCUT2D eigenvalue weighted by Crippen LogP contribution is -2.49. The van der Waals surface area contributed by atoms with Crippen molar-refractivity contribution in [2.45, 2.75) is 25.1 Å². The van der Waals surface area contributed by atoms with Crippen LogP contribution in [0.3, 0.4) is 0 Å². The van der Waals surface area contributed by atoms with E-state index < -0.39 is 28.0 Å². The van der Waals surface area contributed by atoms with Crippen molar-refractivity contribution in [3.63, 3.8) is 0 Å². The Morgan fingerprint density at radius 2 is 1.88 bits per heavy atom. The van der Waals surface area contributed by atoms with Gasteiger partial charge in [-0.25, -0.2) is 9.78 Å². The van der Waals surface area contributed by atoms with Gasteiger partial charge in [0.05, 0.1) is 5.56 Å². The summed E-state index contributed by atoms with van der Waals surface area (Å²) in [5.74, 6) is 0.0124. The molecule has 2 rings (SSSR count). The molecule has 1 saturated heterocycles. The minimum Gasteiger partial charge on any atom is -0.324 e. The highest BCUT2D eigenvalue weighted by Crippen LogP contribution is 2.28. The van der Waals surface area contributed by atoms with Crippen LogP contribution in [0.4, 0.5) is 23.8 Å². The quantitative estimate of drug-likeness (QED) is 0.808. The maximum absolute atomic E-state index is 12.5. The predicted molar refractivity (Wildman–Crippen MR) is 88.6 cm³/mol. The van der Waals surface area contributed by atoms with Crippen LogP contribution in [0, 0.1) is 0 Å². The van der Waals surface area contributed by atoms with Gasteiger partial charge in [-0.3, -0.25) is 5.32 Å². The topological polar surface area (TPSA) is 94.6 Å². The van der Waals surface area contributed by atoms with Crippen molar-refractivity contribution in [1.82, 2.24) is 18.9 Å². The van der Waals surface area contributed by atoms with E-state index in [1.54, 1.807) is 0 Å². The molecule has 2 amide bonds. The average molecular weight is 395 g/mol. The number of halogens is 3. The number of nitrogens with zero attached hydrogens (tertiary/aromatic N) is 3. The molecule has 26 heavy (non-hydrogen) atoms. The van der Waals surface area contributed by atoms with Gasteiger partial charge >= 0.3 is 12.2 Å². The second kappa shape index (κ2) is 7.76. The average Bonchev–Trinajstić information content (AvgIpc) is 2.54. The molecule has 1 aliphatic rings. The molecule has 0 spiro atoms. The lowest BCUT2D eigenvalue weighted by atomic mass is 10.1. The normalized spacial score (nSPS) is 16.8. The van der Waals surface area contributed by atoms with Gasteiger partial charge in [-0.05, 0) is 25.0 Å². The smallest absolute Gasteiger partial charge is 0.324 e. The zero-order valence-corrected chi connectivity index (χ0v) is 15.1. The van der Waals surface area contributed by atoms with Crippen molar-refractivity contribution in [2.75, 3.05) is 32.5 Å². The number of hydrogen-bond donors (Lipinski definition) is 2. The molecule has 1 fully saturated rings. The van der Waals surface area contributed by atoms with E-state index >= 15 is 0 Å². The molecule has 0 saturated carbocycles. The third-order valence-electron chi connectivity index (χ3n) is 3.90. The number of pyridine rings is 1. The van der Waals surface area contributed by atoms with Gasteiger partial charge in [0.15, 0.2) is 0 Å². The van der Waals surface area contributed by atoms with E-state index in [9.17, 15) is 26.4 Å². The van der Waals surface area contributed by atoms with Gasteiger partial charge in [0, 0.05) is 39.4 Å². The van der Waals surface area contributed by atoms with Crippen LogP contribution in [-0.2, 0) is 16.4 Å². The second-order valence-electron chi connectivity index (χ2n) is 6.03. The molecule has 1 aliphatic heterocycles. The molecule has 1 aromatic heterocycles. The first-order chi connectivity index (χ1) is 12.0. The number of piperidine rings is 1. The van der Waals surface area contributed by atoms with Crippen LogP contribution < -0.4 is 10.0 Å². The van der Waals surface area contributed by atoms with Gasteiger partial charge in [-0.15, -0.1) is 0 Å². The summed E-state index contributed by atoms with van der Waals surface area (Å²) in [6, 6.07) is 1.14. The van der Waals surface area contributed by atoms with Gasteiger partial charge in [-0.1, -0.05) is 0 Å². The van der Waals surface area contributed by atoms with Crippen molar-refractivity contribution in [1.29, 1.82) is 0 Å². The highest BCUT2D eigenvalue weighted by Gasteiger charge is 2.31. The second-order valence-corrected chi connectivity index (χ2v) is 7.94. The Morgan fingerprint density at radius 3 is 2.35 bits per heavy atom. The molecule has 146 valence electrons. The van der Waals surface area contributed by atoms with Gasteiger partial charge in [0.2, 0.25) is 0 Å². The van der Waals surface area contributed by atoms with Crippen molar-refractivity contribution in [3.8, 4) is 0 Å². The van der Waals surface area contributed by atoms with E-state index in [2.05, 4.69) is 15.0 Å². The summed E-state index contributed by atoms with van der Waals surface area (Å²) in [6.07, 6.45) is -2.98. The molecule has 1 aromatic rings. The molecule has 12 heteroatoms. The van der Waals surface area contributed by atoms with E-state index in [1.165, 1.54) is 19.0 Å². The number of carbonyl (C=O) groups excluding carboxylic acids is 1. The van der Waals surface area contributed by atoms with Crippen LogP contribution in [0.1, 0.15) is 18.4 Å². The van der Waals surface area contributed by atoms with Crippen molar-refractivity contribution in [3.05, 3.63) is 23.9 Å². The van der Waals surface area contributed by atoms with Crippen molar-refractivity contribution >= 4 is 22.1 Å². The molecule has 0 radical (unpaired) electrons. The van der Waals surface area contributed by atoms with E-state index in [4.69, 9.17) is 0 Å². The number of alkyl halides is 3. The third kappa shape index (κ3) is 5.29. The molecule has 0 atom stereocenters. The maximum atomic E-state index is 12.5. The monoisotopic (exact) mass is 395 g/mol. The van der Waals surface area contributed by atoms with Gasteiger partial charge in [0.1, 0.15) is 5.82 Å². The predicted octanol–water partition coefficient (Wildman–Crippen LogP) is 1.49. The first-order valence-electron chi connectivity index (χ1n) is 7.78. The molecule has 0 bridgehead atoms. The van der Waals surface area contributed by atoms with Crippen LogP contribution in [0.25, 0.3) is 0 Å². The van der Waals surface area contributed by atoms with E-state index in [-0.39, 0.29) is 11.9 Å². The molecule has 0 aromatic carbocycles. The highest BCUT2D eigenvalue weighted by molar-refractivity contribution is 7.87. The first-order valence-corrected chi connectivity index (χ1v) is 9.22. The Labute approximate surface area is 149 Å². The molecule has 0 unspecified atom stereocenters. The van der Waals surface area contributed by atoms with E-state index in [1.807, 2.05) is 0 Å². The van der Waals surface area contributed by atoms with Gasteiger partial charge in [0.25, 0.3) is 10.2 Å². The molecule has 2 heterocycles. The van der Waals surface area contributed by atoms with Crippen LogP contribution >= 0.6 is 0 Å². The number of carbonyl (C=O) groups is 1. The fraction of sp³-hybridized carbons (Fsp3) is 0.571. The summed E-state index contributed by atoms with van der Waals surface area (Å²) in [4.78, 5) is 17.2. The molecule has 0 aliphatic carbocycles. The standard InChI is InChI=1S/C14H20F3N5O3S/c1-21(2)26(24,25)20-11-5-7-22(8-6-11)13(23)19-12-4-3-10(9-18-12)14(15,16)17/h3-4,9,11,20H,5-8H2,1-2H3,(H,18,19,23). The van der Waals surface area contributed by atoms with Gasteiger partial charge < -0.3 is 4.90 Å². The fourth-order valence-corrected chi connectivity index (χ4v) is 3.21. The summed E-state index contributed by atoms with van der Waals surface area (Å²) in [7, 11) is -0.701. The third-order valence-corrected chi connectivity index (χ3v) is 5.50. The number of likely N-dealkylation sites (tertiary alicyclic amines) is 1. The number of urea groups is 1. The summed E-state index contributed by atoms with van der Waals surface area (Å²) in [5.41, 5.74) is -0.899. The summed E-state index contributed by atoms with van der Waals surface area (Å²) in [5, 5.41) is 2.43. The van der Waals surface area contributed by atoms with E-state index in [0.717, 1.165) is 16.4 Å². The fourth-order valence-electron chi connectivity index (χ4n) is 2.34. The number of aromatic nitrogens is 1. The Hall–Kier alpha value is -1.92. The number of hydrogen-bond acceptors (Lipinski definition) is 4. The highest BCUT2D eigenvalue weighted by atomic mass is 32.2. The van der Waals surface area contributed by atoms with Crippen molar-refractivity contribution in [2.24, 2.45) is 0 Å². The SMILES string of the molecule is CN(C)S(=O)(=O)NC1CCN(C(=O)Nc2ccc(C(F)(F)F)cn2)CC1. The number of anilines is 1. The molecular weight excluding hydrogens is 375 g/mol. The number of rotatable bonds is 4. The zero-order chi connectivity index (χ0) is 19.5. The van der Waals surface area contributed by atoms with E-state index in [0.29, 0.717) is 32.1 Å². The molecular formula is C14H20F3N5O3S. The lowest BCUT2D eigenvalue weighted by molar-refractivity contribution is -0.137. The van der Waals surface area contributed by atoms with Gasteiger partial charge in [-0.2, -0.15) is 30.6 Å². The zero-order valence-electron chi connectivity index (χ0n) is 14.2. The first kappa shape index (κ1) is 20.4. The summed E-state index contributed by atoms with van der Waals surface area (Å²) in [6.45, 7) is 0.625. The number of nitrogens with one attached hydrogen (secondary N) is 2. The minimum absolute atomic E-state index is 0.0124. The summed E-state index contributed by atoms with van der Waals surface area (Å²) < 4.78 is 64.7. The lowest BCUT2D eigenvalue weighted by Gasteiger charge is -2.32. The van der Waals surface area contributed by atoms with Crippen LogP contribution in [0.5, 0.6) is 0 Å².